The molecular formula is C11H19N3O. The van der Waals surface area contributed by atoms with Gasteiger partial charge in [-0.2, -0.15) is 0 Å². The lowest BCUT2D eigenvalue weighted by atomic mass is 10.2. The average molecular weight is 209 g/mol. The van der Waals surface area contributed by atoms with Gasteiger partial charge in [0.2, 0.25) is 5.95 Å². The predicted molar refractivity (Wildman–Crippen MR) is 61.1 cm³/mol. The Morgan fingerprint density at radius 1 is 1.33 bits per heavy atom. The van der Waals surface area contributed by atoms with Gasteiger partial charge in [0, 0.05) is 6.54 Å². The molecule has 1 heterocycles. The van der Waals surface area contributed by atoms with Crippen LogP contribution in [-0.2, 0) is 0 Å². The van der Waals surface area contributed by atoms with E-state index in [4.69, 9.17) is 0 Å². The molecule has 0 saturated carbocycles. The van der Waals surface area contributed by atoms with Crippen LogP contribution >= 0.6 is 0 Å². The summed E-state index contributed by atoms with van der Waals surface area (Å²) in [4.78, 5) is 8.10. The first-order chi connectivity index (χ1) is 7.24. The Bertz CT molecular complexity index is 302. The molecule has 0 aliphatic rings. The zero-order chi connectivity index (χ0) is 11.1. The summed E-state index contributed by atoms with van der Waals surface area (Å²) in [5, 5.41) is 12.4. The highest BCUT2D eigenvalue weighted by atomic mass is 16.3. The van der Waals surface area contributed by atoms with E-state index in [1.54, 1.807) is 6.92 Å². The molecule has 0 aliphatic carbocycles. The third kappa shape index (κ3) is 4.14. The Labute approximate surface area is 90.8 Å². The minimum Gasteiger partial charge on any atom is -0.504 e. The van der Waals surface area contributed by atoms with E-state index < -0.39 is 0 Å². The van der Waals surface area contributed by atoms with Crippen LogP contribution in [0, 0.1) is 6.92 Å². The fourth-order valence-corrected chi connectivity index (χ4v) is 1.30. The summed E-state index contributed by atoms with van der Waals surface area (Å²) in [6, 6.07) is 0. The molecule has 0 amide bonds. The number of hydrogen-bond donors (Lipinski definition) is 2. The quantitative estimate of drug-likeness (QED) is 0.707. The largest absolute Gasteiger partial charge is 0.504 e. The highest BCUT2D eigenvalue weighted by molar-refractivity contribution is 5.31. The molecule has 1 aromatic heterocycles. The van der Waals surface area contributed by atoms with Crippen molar-refractivity contribution in [1.82, 2.24) is 9.97 Å². The lowest BCUT2D eigenvalue weighted by molar-refractivity contribution is 0.464. The number of nitrogens with one attached hydrogen (secondary N) is 1. The van der Waals surface area contributed by atoms with Crippen molar-refractivity contribution in [2.45, 2.75) is 39.5 Å². The molecule has 0 atom stereocenters. The second-order valence-electron chi connectivity index (χ2n) is 3.65. The van der Waals surface area contributed by atoms with Crippen LogP contribution in [0.25, 0.3) is 0 Å². The van der Waals surface area contributed by atoms with Crippen LogP contribution in [0.4, 0.5) is 5.95 Å². The van der Waals surface area contributed by atoms with Crippen molar-refractivity contribution in [2.24, 2.45) is 0 Å². The number of anilines is 1. The molecular weight excluding hydrogens is 190 g/mol. The minimum atomic E-state index is 0.145. The van der Waals surface area contributed by atoms with E-state index in [9.17, 15) is 5.11 Å². The van der Waals surface area contributed by atoms with Crippen LogP contribution < -0.4 is 5.32 Å². The van der Waals surface area contributed by atoms with E-state index >= 15 is 0 Å². The first-order valence-corrected chi connectivity index (χ1v) is 5.50. The van der Waals surface area contributed by atoms with Gasteiger partial charge in [0.1, 0.15) is 0 Å². The molecule has 2 N–H and O–H groups in total. The van der Waals surface area contributed by atoms with E-state index in [-0.39, 0.29) is 5.75 Å². The zero-order valence-corrected chi connectivity index (χ0v) is 9.45. The SMILES string of the molecule is CCCCCCNc1ncc(O)c(C)n1. The summed E-state index contributed by atoms with van der Waals surface area (Å²) in [7, 11) is 0. The van der Waals surface area contributed by atoms with E-state index in [1.807, 2.05) is 0 Å². The Balaban J connectivity index is 2.28. The van der Waals surface area contributed by atoms with Gasteiger partial charge in [0.25, 0.3) is 0 Å². The molecule has 0 fully saturated rings. The number of aromatic nitrogens is 2. The fourth-order valence-electron chi connectivity index (χ4n) is 1.30. The number of aryl methyl sites for hydroxylation is 1. The van der Waals surface area contributed by atoms with Crippen LogP contribution in [0.1, 0.15) is 38.3 Å². The van der Waals surface area contributed by atoms with E-state index in [0.717, 1.165) is 13.0 Å². The summed E-state index contributed by atoms with van der Waals surface area (Å²) in [6.07, 6.45) is 6.32. The maximum Gasteiger partial charge on any atom is 0.223 e. The third-order valence-corrected chi connectivity index (χ3v) is 2.27. The van der Waals surface area contributed by atoms with Crippen LogP contribution in [0.5, 0.6) is 5.75 Å². The lowest BCUT2D eigenvalue weighted by Gasteiger charge is -2.05. The molecule has 0 saturated heterocycles. The maximum absolute atomic E-state index is 9.23. The van der Waals surface area contributed by atoms with E-state index in [1.165, 1.54) is 25.5 Å². The maximum atomic E-state index is 9.23. The number of nitrogens with zero attached hydrogens (tertiary/aromatic N) is 2. The van der Waals surface area contributed by atoms with Gasteiger partial charge in [0.05, 0.1) is 11.9 Å². The van der Waals surface area contributed by atoms with E-state index in [0.29, 0.717) is 11.6 Å². The van der Waals surface area contributed by atoms with Crippen molar-refractivity contribution in [2.75, 3.05) is 11.9 Å². The van der Waals surface area contributed by atoms with Crippen LogP contribution in [-0.4, -0.2) is 21.6 Å². The molecule has 0 aliphatic heterocycles. The Morgan fingerprint density at radius 3 is 2.80 bits per heavy atom. The summed E-state index contributed by atoms with van der Waals surface area (Å²) in [5.74, 6) is 0.744. The van der Waals surface area contributed by atoms with Gasteiger partial charge in [-0.15, -0.1) is 0 Å². The van der Waals surface area contributed by atoms with Crippen LogP contribution in [0.3, 0.4) is 0 Å². The van der Waals surface area contributed by atoms with Gasteiger partial charge in [-0.1, -0.05) is 26.2 Å². The molecule has 4 heteroatoms. The number of aromatic hydroxyl groups is 1. The van der Waals surface area contributed by atoms with Gasteiger partial charge in [0.15, 0.2) is 5.75 Å². The molecule has 1 aromatic rings. The Kier molecular flexibility index (Phi) is 4.87. The van der Waals surface area contributed by atoms with Crippen molar-refractivity contribution in [3.63, 3.8) is 0 Å². The smallest absolute Gasteiger partial charge is 0.223 e. The zero-order valence-electron chi connectivity index (χ0n) is 9.45. The molecule has 0 bridgehead atoms. The van der Waals surface area contributed by atoms with Crippen LogP contribution in [0.15, 0.2) is 6.20 Å². The predicted octanol–water partition coefficient (Wildman–Crippen LogP) is 2.48. The minimum absolute atomic E-state index is 0.145. The van der Waals surface area contributed by atoms with Gasteiger partial charge in [-0.05, 0) is 13.3 Å². The van der Waals surface area contributed by atoms with Gasteiger partial charge < -0.3 is 10.4 Å². The average Bonchev–Trinajstić information content (AvgIpc) is 2.23. The highest BCUT2D eigenvalue weighted by Crippen LogP contribution is 2.12. The molecule has 1 rings (SSSR count). The first kappa shape index (κ1) is 11.8. The monoisotopic (exact) mass is 209 g/mol. The van der Waals surface area contributed by atoms with Gasteiger partial charge in [-0.3, -0.25) is 0 Å². The Hall–Kier alpha value is -1.32. The summed E-state index contributed by atoms with van der Waals surface area (Å²) in [6.45, 7) is 4.85. The highest BCUT2D eigenvalue weighted by Gasteiger charge is 2.00. The molecule has 15 heavy (non-hydrogen) atoms. The van der Waals surface area contributed by atoms with Gasteiger partial charge in [-0.25, -0.2) is 9.97 Å². The molecule has 0 unspecified atom stereocenters. The fraction of sp³-hybridized carbons (Fsp3) is 0.636. The summed E-state index contributed by atoms with van der Waals surface area (Å²) < 4.78 is 0. The first-order valence-electron chi connectivity index (χ1n) is 5.50. The van der Waals surface area contributed by atoms with Crippen molar-refractivity contribution >= 4 is 5.95 Å². The summed E-state index contributed by atoms with van der Waals surface area (Å²) in [5.41, 5.74) is 0.612. The normalized spacial score (nSPS) is 10.3. The Morgan fingerprint density at radius 2 is 2.13 bits per heavy atom. The van der Waals surface area contributed by atoms with E-state index in [2.05, 4.69) is 22.2 Å². The van der Waals surface area contributed by atoms with Crippen LogP contribution in [0.2, 0.25) is 0 Å². The molecule has 84 valence electrons. The second-order valence-corrected chi connectivity index (χ2v) is 3.65. The lowest BCUT2D eigenvalue weighted by Crippen LogP contribution is -2.05. The number of unbranched alkanes of at least 4 members (excludes halogenated alkanes) is 3. The van der Waals surface area contributed by atoms with Crippen molar-refractivity contribution in [3.05, 3.63) is 11.9 Å². The van der Waals surface area contributed by atoms with Gasteiger partial charge >= 0.3 is 0 Å². The van der Waals surface area contributed by atoms with Crippen molar-refractivity contribution in [1.29, 1.82) is 0 Å². The number of hydrogen-bond acceptors (Lipinski definition) is 4. The topological polar surface area (TPSA) is 58.0 Å². The van der Waals surface area contributed by atoms with Crippen molar-refractivity contribution < 1.29 is 5.11 Å². The van der Waals surface area contributed by atoms with Crippen molar-refractivity contribution in [3.8, 4) is 5.75 Å². The second kappa shape index (κ2) is 6.22. The number of rotatable bonds is 6. The molecule has 4 nitrogen and oxygen atoms in total. The molecule has 0 radical (unpaired) electrons. The molecule has 0 spiro atoms. The summed E-state index contributed by atoms with van der Waals surface area (Å²) >= 11 is 0. The molecule has 0 aromatic carbocycles. The third-order valence-electron chi connectivity index (χ3n) is 2.27. The standard InChI is InChI=1S/C11H19N3O/c1-3-4-5-6-7-12-11-13-8-10(15)9(2)14-11/h8,15H,3-7H2,1-2H3,(H,12,13,14).